The highest BCUT2D eigenvalue weighted by Gasteiger charge is 2.18. The highest BCUT2D eigenvalue weighted by molar-refractivity contribution is 5.18. The Morgan fingerprint density at radius 1 is 1.23 bits per heavy atom. The van der Waals surface area contributed by atoms with Crippen LogP contribution in [-0.4, -0.2) is 9.97 Å². The third-order valence-electron chi connectivity index (χ3n) is 2.69. The van der Waals surface area contributed by atoms with Crippen LogP contribution in [0.1, 0.15) is 43.0 Å². The lowest BCUT2D eigenvalue weighted by atomic mass is 9.86. The topological polar surface area (TPSA) is 25.8 Å². The maximum absolute atomic E-state index is 4.41. The third-order valence-corrected chi connectivity index (χ3v) is 2.69. The molecule has 2 rings (SSSR count). The van der Waals surface area contributed by atoms with E-state index in [0.717, 1.165) is 5.69 Å². The van der Waals surface area contributed by atoms with Gasteiger partial charge in [0.15, 0.2) is 0 Å². The van der Waals surface area contributed by atoms with Crippen LogP contribution in [0.4, 0.5) is 0 Å². The van der Waals surface area contributed by atoms with Gasteiger partial charge in [-0.05, 0) is 26.2 Å². The molecule has 0 aliphatic heterocycles. The van der Waals surface area contributed by atoms with E-state index in [9.17, 15) is 0 Å². The average molecular weight is 175 g/mol. The number of hydrogen-bond donors (Lipinski definition) is 0. The predicted molar refractivity (Wildman–Crippen MR) is 52.3 cm³/mol. The zero-order valence-electron chi connectivity index (χ0n) is 8.03. The number of nitrogens with zero attached hydrogens (tertiary/aromatic N) is 2. The first kappa shape index (κ1) is 8.67. The van der Waals surface area contributed by atoms with Crippen molar-refractivity contribution in [2.24, 2.45) is 0 Å². The molecule has 0 N–H and O–H groups in total. The van der Waals surface area contributed by atoms with Crippen molar-refractivity contribution in [1.29, 1.82) is 0 Å². The summed E-state index contributed by atoms with van der Waals surface area (Å²) in [4.78, 5) is 8.68. The molecule has 1 aromatic heterocycles. The van der Waals surface area contributed by atoms with Crippen LogP contribution in [0.2, 0.25) is 0 Å². The summed E-state index contributed by atoms with van der Waals surface area (Å²) >= 11 is 0. The Morgan fingerprint density at radius 2 is 2.08 bits per heavy atom. The Morgan fingerprint density at radius 3 is 2.77 bits per heavy atom. The SMILES string of the molecule is Cc1nccnc1C1[CH]CCCC1. The molecule has 2 nitrogen and oxygen atoms in total. The fourth-order valence-corrected chi connectivity index (χ4v) is 1.98. The van der Waals surface area contributed by atoms with Crippen LogP contribution in [0.5, 0.6) is 0 Å². The summed E-state index contributed by atoms with van der Waals surface area (Å²) in [5.41, 5.74) is 2.27. The summed E-state index contributed by atoms with van der Waals surface area (Å²) in [5.74, 6) is 0.558. The zero-order chi connectivity index (χ0) is 9.10. The summed E-state index contributed by atoms with van der Waals surface area (Å²) in [6, 6.07) is 0. The first-order valence-electron chi connectivity index (χ1n) is 4.99. The summed E-state index contributed by atoms with van der Waals surface area (Å²) in [6.07, 6.45) is 11.1. The molecule has 1 aromatic rings. The van der Waals surface area contributed by atoms with Gasteiger partial charge in [-0.2, -0.15) is 0 Å². The fraction of sp³-hybridized carbons (Fsp3) is 0.545. The van der Waals surface area contributed by atoms with Gasteiger partial charge in [0.25, 0.3) is 0 Å². The lowest BCUT2D eigenvalue weighted by Gasteiger charge is -2.21. The first-order chi connectivity index (χ1) is 6.38. The summed E-state index contributed by atoms with van der Waals surface area (Å²) < 4.78 is 0. The van der Waals surface area contributed by atoms with Crippen molar-refractivity contribution in [3.8, 4) is 0 Å². The molecule has 0 amide bonds. The molecule has 0 aromatic carbocycles. The van der Waals surface area contributed by atoms with Crippen LogP contribution in [-0.2, 0) is 0 Å². The van der Waals surface area contributed by atoms with E-state index in [-0.39, 0.29) is 0 Å². The van der Waals surface area contributed by atoms with Crippen LogP contribution in [0.3, 0.4) is 0 Å². The second-order valence-corrected chi connectivity index (χ2v) is 3.65. The lowest BCUT2D eigenvalue weighted by Crippen LogP contribution is -2.09. The van der Waals surface area contributed by atoms with Crippen LogP contribution in [0.15, 0.2) is 12.4 Å². The summed E-state index contributed by atoms with van der Waals surface area (Å²) in [5, 5.41) is 0. The number of rotatable bonds is 1. The van der Waals surface area contributed by atoms with Crippen molar-refractivity contribution in [3.63, 3.8) is 0 Å². The van der Waals surface area contributed by atoms with Gasteiger partial charge in [0, 0.05) is 18.3 Å². The summed E-state index contributed by atoms with van der Waals surface area (Å²) in [6.45, 7) is 2.05. The molecule has 1 atom stereocenters. The van der Waals surface area contributed by atoms with Crippen molar-refractivity contribution < 1.29 is 0 Å². The Labute approximate surface area is 79.4 Å². The second kappa shape index (κ2) is 3.86. The molecule has 2 heteroatoms. The quantitative estimate of drug-likeness (QED) is 0.655. The van der Waals surface area contributed by atoms with Crippen molar-refractivity contribution in [2.45, 2.75) is 38.5 Å². The largest absolute Gasteiger partial charge is 0.258 e. The predicted octanol–water partition coefficient (Wildman–Crippen LogP) is 2.65. The maximum atomic E-state index is 4.41. The molecule has 1 fully saturated rings. The molecule has 1 aliphatic carbocycles. The van der Waals surface area contributed by atoms with Gasteiger partial charge in [-0.3, -0.25) is 9.97 Å². The van der Waals surface area contributed by atoms with Crippen LogP contribution in [0, 0.1) is 13.3 Å². The van der Waals surface area contributed by atoms with E-state index in [1.54, 1.807) is 12.4 Å². The zero-order valence-corrected chi connectivity index (χ0v) is 8.03. The van der Waals surface area contributed by atoms with Crippen LogP contribution >= 0.6 is 0 Å². The first-order valence-corrected chi connectivity index (χ1v) is 4.99. The number of aromatic nitrogens is 2. The van der Waals surface area contributed by atoms with Gasteiger partial charge >= 0.3 is 0 Å². The minimum Gasteiger partial charge on any atom is -0.258 e. The van der Waals surface area contributed by atoms with Gasteiger partial charge in [-0.15, -0.1) is 0 Å². The van der Waals surface area contributed by atoms with Crippen LogP contribution < -0.4 is 0 Å². The smallest absolute Gasteiger partial charge is 0.0649 e. The van der Waals surface area contributed by atoms with Gasteiger partial charge in [0.05, 0.1) is 11.4 Å². The van der Waals surface area contributed by atoms with Gasteiger partial charge < -0.3 is 0 Å². The number of hydrogen-bond acceptors (Lipinski definition) is 2. The van der Waals surface area contributed by atoms with Crippen LogP contribution in [0.25, 0.3) is 0 Å². The average Bonchev–Trinajstić information content (AvgIpc) is 2.20. The molecule has 1 saturated carbocycles. The minimum absolute atomic E-state index is 0.558. The van der Waals surface area contributed by atoms with Crippen molar-refractivity contribution in [1.82, 2.24) is 9.97 Å². The molecule has 0 spiro atoms. The van der Waals surface area contributed by atoms with E-state index in [2.05, 4.69) is 16.4 Å². The molecule has 1 aliphatic rings. The monoisotopic (exact) mass is 175 g/mol. The molecule has 1 heterocycles. The van der Waals surface area contributed by atoms with Crippen molar-refractivity contribution in [3.05, 3.63) is 30.2 Å². The minimum atomic E-state index is 0.558. The Bertz CT molecular complexity index is 277. The van der Waals surface area contributed by atoms with E-state index in [0.29, 0.717) is 5.92 Å². The van der Waals surface area contributed by atoms with E-state index in [1.165, 1.54) is 31.4 Å². The Kier molecular flexibility index (Phi) is 2.57. The van der Waals surface area contributed by atoms with Gasteiger partial charge in [0.2, 0.25) is 0 Å². The summed E-state index contributed by atoms with van der Waals surface area (Å²) in [7, 11) is 0. The van der Waals surface area contributed by atoms with Crippen molar-refractivity contribution >= 4 is 0 Å². The molecule has 1 radical (unpaired) electrons. The lowest BCUT2D eigenvalue weighted by molar-refractivity contribution is 0.522. The molecule has 69 valence electrons. The number of aryl methyl sites for hydroxylation is 1. The van der Waals surface area contributed by atoms with E-state index in [1.807, 2.05) is 6.92 Å². The molecule has 13 heavy (non-hydrogen) atoms. The van der Waals surface area contributed by atoms with Crippen molar-refractivity contribution in [2.75, 3.05) is 0 Å². The molecule has 0 saturated heterocycles. The van der Waals surface area contributed by atoms with Gasteiger partial charge in [-0.25, -0.2) is 0 Å². The molecule has 0 bridgehead atoms. The Hall–Kier alpha value is -0.920. The fourth-order valence-electron chi connectivity index (χ4n) is 1.98. The third kappa shape index (κ3) is 1.87. The second-order valence-electron chi connectivity index (χ2n) is 3.65. The molecular weight excluding hydrogens is 160 g/mol. The van der Waals surface area contributed by atoms with E-state index in [4.69, 9.17) is 0 Å². The Balaban J connectivity index is 2.18. The molecule has 1 unspecified atom stereocenters. The highest BCUT2D eigenvalue weighted by atomic mass is 14.8. The van der Waals surface area contributed by atoms with Gasteiger partial charge in [-0.1, -0.05) is 12.8 Å². The normalized spacial score (nSPS) is 18.8. The molecular formula is C11H15N2. The van der Waals surface area contributed by atoms with Gasteiger partial charge in [0.1, 0.15) is 0 Å². The van der Waals surface area contributed by atoms with E-state index < -0.39 is 0 Å². The maximum Gasteiger partial charge on any atom is 0.0649 e. The van der Waals surface area contributed by atoms with E-state index >= 15 is 0 Å². The highest BCUT2D eigenvalue weighted by Crippen LogP contribution is 2.31. The standard InChI is InChI=1S/C11H15N2/c1-9-11(13-8-7-12-9)10-5-3-2-4-6-10/h5,7-8,10H,2-4,6H2,1H3.